The van der Waals surface area contributed by atoms with Crippen LogP contribution in [0.2, 0.25) is 0 Å². The summed E-state index contributed by atoms with van der Waals surface area (Å²) in [5.74, 6) is -0.0395. The van der Waals surface area contributed by atoms with Gasteiger partial charge in [-0.3, -0.25) is 4.79 Å². The van der Waals surface area contributed by atoms with Crippen molar-refractivity contribution in [3.63, 3.8) is 0 Å². The largest absolute Gasteiger partial charge is 0.303 e. The third kappa shape index (κ3) is 3.87. The Bertz CT molecular complexity index is 642. The number of hydrogen-bond donors (Lipinski definition) is 0. The van der Waals surface area contributed by atoms with Gasteiger partial charge in [-0.05, 0) is 51.9 Å². The molecule has 2 nitrogen and oxygen atoms in total. The first-order chi connectivity index (χ1) is 9.70. The van der Waals surface area contributed by atoms with Gasteiger partial charge in [0, 0.05) is 15.6 Å². The average Bonchev–Trinajstić information content (AvgIpc) is 2.47. The summed E-state index contributed by atoms with van der Waals surface area (Å²) in [4.78, 5) is 22.7. The van der Waals surface area contributed by atoms with Gasteiger partial charge in [0.2, 0.25) is 0 Å². The van der Waals surface area contributed by atoms with E-state index in [9.17, 15) is 9.59 Å². The summed E-state index contributed by atoms with van der Waals surface area (Å²) in [6, 6.07) is 15.0. The van der Waals surface area contributed by atoms with Crippen LogP contribution in [0.15, 0.2) is 54.6 Å². The molecule has 0 heterocycles. The monoisotopic (exact) mass is 376 g/mol. The maximum Gasteiger partial charge on any atom is 0.185 e. The lowest BCUT2D eigenvalue weighted by Crippen LogP contribution is -1.95. The molecule has 0 saturated heterocycles. The van der Waals surface area contributed by atoms with E-state index >= 15 is 0 Å². The van der Waals surface area contributed by atoms with E-state index in [-0.39, 0.29) is 5.78 Å². The summed E-state index contributed by atoms with van der Waals surface area (Å²) in [6.07, 6.45) is 4.54. The predicted molar refractivity (Wildman–Crippen MR) is 88.7 cm³/mol. The first-order valence-electron chi connectivity index (χ1n) is 6.20. The topological polar surface area (TPSA) is 34.1 Å². The zero-order valence-electron chi connectivity index (χ0n) is 10.8. The van der Waals surface area contributed by atoms with Gasteiger partial charge in [-0.15, -0.1) is 0 Å². The molecule has 0 aliphatic heterocycles. The van der Waals surface area contributed by atoms with E-state index in [2.05, 4.69) is 22.6 Å². The van der Waals surface area contributed by atoms with Gasteiger partial charge in [0.25, 0.3) is 0 Å². The van der Waals surface area contributed by atoms with Crippen molar-refractivity contribution in [1.82, 2.24) is 0 Å². The van der Waals surface area contributed by atoms with E-state index in [1.165, 1.54) is 0 Å². The number of allylic oxidation sites excluding steroid dienone is 1. The quantitative estimate of drug-likeness (QED) is 0.343. The second-order valence-corrected chi connectivity index (χ2v) is 5.52. The van der Waals surface area contributed by atoms with Crippen LogP contribution in [0, 0.1) is 3.57 Å². The SMILES string of the molecule is O=CCc1ccccc1/C=C/C(=O)c1ccc(I)cc1. The maximum absolute atomic E-state index is 12.0. The molecule has 2 rings (SSSR count). The standard InChI is InChI=1S/C17H13IO2/c18-16-8-5-15(6-9-16)17(20)10-7-13-3-1-2-4-14(13)11-12-19/h1-10,12H,11H2/b10-7+. The summed E-state index contributed by atoms with van der Waals surface area (Å²) in [5.41, 5.74) is 2.49. The Kier molecular flexibility index (Phi) is 5.24. The molecule has 3 heteroatoms. The third-order valence-corrected chi connectivity index (χ3v) is 3.62. The fourth-order valence-electron chi connectivity index (χ4n) is 1.85. The second kappa shape index (κ2) is 7.14. The van der Waals surface area contributed by atoms with Crippen LogP contribution in [-0.4, -0.2) is 12.1 Å². The number of ketones is 1. The van der Waals surface area contributed by atoms with Crippen molar-refractivity contribution in [2.75, 3.05) is 0 Å². The van der Waals surface area contributed by atoms with Crippen LogP contribution < -0.4 is 0 Å². The number of hydrogen-bond acceptors (Lipinski definition) is 2. The van der Waals surface area contributed by atoms with Gasteiger partial charge in [-0.1, -0.05) is 42.5 Å². The summed E-state index contributed by atoms with van der Waals surface area (Å²) >= 11 is 2.20. The molecule has 2 aromatic rings. The molecule has 0 N–H and O–H groups in total. The molecular formula is C17H13IO2. The van der Waals surface area contributed by atoms with Crippen molar-refractivity contribution >= 4 is 40.7 Å². The number of rotatable bonds is 5. The molecule has 0 spiro atoms. The van der Waals surface area contributed by atoms with Crippen LogP contribution in [0.3, 0.4) is 0 Å². The van der Waals surface area contributed by atoms with Crippen LogP contribution in [0.4, 0.5) is 0 Å². The predicted octanol–water partition coefficient (Wildman–Crippen LogP) is 3.93. The lowest BCUT2D eigenvalue weighted by molar-refractivity contribution is -0.107. The second-order valence-electron chi connectivity index (χ2n) is 4.27. The van der Waals surface area contributed by atoms with Crippen LogP contribution in [0.25, 0.3) is 6.08 Å². The smallest absolute Gasteiger partial charge is 0.185 e. The van der Waals surface area contributed by atoms with Crippen LogP contribution in [0.5, 0.6) is 0 Å². The zero-order chi connectivity index (χ0) is 14.4. The molecule has 0 saturated carbocycles. The lowest BCUT2D eigenvalue weighted by Gasteiger charge is -2.01. The molecule has 0 aromatic heterocycles. The van der Waals surface area contributed by atoms with Crippen molar-refractivity contribution in [3.05, 3.63) is 74.9 Å². The van der Waals surface area contributed by atoms with Crippen LogP contribution >= 0.6 is 22.6 Å². The molecule has 0 bridgehead atoms. The molecule has 0 unspecified atom stereocenters. The van der Waals surface area contributed by atoms with Gasteiger partial charge in [0.15, 0.2) is 5.78 Å². The van der Waals surface area contributed by atoms with E-state index in [1.807, 2.05) is 48.5 Å². The molecule has 20 heavy (non-hydrogen) atoms. The first-order valence-corrected chi connectivity index (χ1v) is 7.28. The summed E-state index contributed by atoms with van der Waals surface area (Å²) in [5, 5.41) is 0. The summed E-state index contributed by atoms with van der Waals surface area (Å²) < 4.78 is 1.10. The van der Waals surface area contributed by atoms with Crippen molar-refractivity contribution in [2.45, 2.75) is 6.42 Å². The molecule has 0 aliphatic rings. The Morgan fingerprint density at radius 2 is 1.75 bits per heavy atom. The Morgan fingerprint density at radius 1 is 1.05 bits per heavy atom. The molecule has 2 aromatic carbocycles. The fraction of sp³-hybridized carbons (Fsp3) is 0.0588. The van der Waals surface area contributed by atoms with Crippen molar-refractivity contribution in [2.24, 2.45) is 0 Å². The minimum Gasteiger partial charge on any atom is -0.303 e. The Morgan fingerprint density at radius 3 is 2.45 bits per heavy atom. The average molecular weight is 376 g/mol. The Hall–Kier alpha value is -1.75. The van der Waals surface area contributed by atoms with E-state index in [4.69, 9.17) is 0 Å². The van der Waals surface area contributed by atoms with Crippen LogP contribution in [-0.2, 0) is 11.2 Å². The third-order valence-electron chi connectivity index (χ3n) is 2.90. The molecule has 0 amide bonds. The molecule has 100 valence electrons. The molecular weight excluding hydrogens is 363 g/mol. The van der Waals surface area contributed by atoms with Gasteiger partial charge in [-0.25, -0.2) is 0 Å². The van der Waals surface area contributed by atoms with Gasteiger partial charge < -0.3 is 4.79 Å². The first kappa shape index (κ1) is 14.7. The van der Waals surface area contributed by atoms with Gasteiger partial charge in [-0.2, -0.15) is 0 Å². The van der Waals surface area contributed by atoms with E-state index in [0.717, 1.165) is 21.0 Å². The zero-order valence-corrected chi connectivity index (χ0v) is 12.9. The normalized spacial score (nSPS) is 10.7. The highest BCUT2D eigenvalue weighted by molar-refractivity contribution is 14.1. The Balaban J connectivity index is 2.18. The molecule has 0 aliphatic carbocycles. The van der Waals surface area contributed by atoms with Crippen molar-refractivity contribution in [1.29, 1.82) is 0 Å². The van der Waals surface area contributed by atoms with Crippen molar-refractivity contribution in [3.8, 4) is 0 Å². The number of benzene rings is 2. The van der Waals surface area contributed by atoms with Gasteiger partial charge in [0.05, 0.1) is 0 Å². The highest BCUT2D eigenvalue weighted by Crippen LogP contribution is 2.13. The molecule has 0 radical (unpaired) electrons. The summed E-state index contributed by atoms with van der Waals surface area (Å²) in [7, 11) is 0. The van der Waals surface area contributed by atoms with E-state index in [1.54, 1.807) is 12.2 Å². The minimum absolute atomic E-state index is 0.0395. The summed E-state index contributed by atoms with van der Waals surface area (Å²) in [6.45, 7) is 0. The van der Waals surface area contributed by atoms with Gasteiger partial charge in [0.1, 0.15) is 6.29 Å². The van der Waals surface area contributed by atoms with E-state index < -0.39 is 0 Å². The maximum atomic E-state index is 12.0. The van der Waals surface area contributed by atoms with Crippen LogP contribution in [0.1, 0.15) is 21.5 Å². The lowest BCUT2D eigenvalue weighted by atomic mass is 10.0. The van der Waals surface area contributed by atoms with E-state index in [0.29, 0.717) is 12.0 Å². The minimum atomic E-state index is -0.0395. The van der Waals surface area contributed by atoms with Gasteiger partial charge >= 0.3 is 0 Å². The molecule has 0 atom stereocenters. The Labute approximate surface area is 131 Å². The molecule has 0 fully saturated rings. The highest BCUT2D eigenvalue weighted by Gasteiger charge is 2.02. The van der Waals surface area contributed by atoms with Crippen molar-refractivity contribution < 1.29 is 9.59 Å². The number of halogens is 1. The number of carbonyl (C=O) groups excluding carboxylic acids is 2. The highest BCUT2D eigenvalue weighted by atomic mass is 127. The number of aldehydes is 1. The number of carbonyl (C=O) groups is 2. The fourth-order valence-corrected chi connectivity index (χ4v) is 2.21.